The van der Waals surface area contributed by atoms with Gasteiger partial charge in [0, 0.05) is 11.3 Å². The Morgan fingerprint density at radius 1 is 1.58 bits per heavy atom. The van der Waals surface area contributed by atoms with Crippen molar-refractivity contribution in [1.82, 2.24) is 0 Å². The number of alkyl halides is 1. The fourth-order valence-electron chi connectivity index (χ4n) is 1.67. The summed E-state index contributed by atoms with van der Waals surface area (Å²) in [6, 6.07) is 0. The molecule has 72 valence electrons. The summed E-state index contributed by atoms with van der Waals surface area (Å²) in [5.41, 5.74) is -0.0406. The highest BCUT2D eigenvalue weighted by Crippen LogP contribution is 2.43. The van der Waals surface area contributed by atoms with Crippen molar-refractivity contribution in [3.63, 3.8) is 0 Å². The highest BCUT2D eigenvalue weighted by atomic mass is 35.5. The van der Waals surface area contributed by atoms with Crippen LogP contribution in [-0.4, -0.2) is 29.8 Å². The molecule has 12 heavy (non-hydrogen) atoms. The molecule has 1 aliphatic carbocycles. The van der Waals surface area contributed by atoms with Crippen LogP contribution >= 0.6 is 11.6 Å². The van der Waals surface area contributed by atoms with Crippen molar-refractivity contribution in [3.05, 3.63) is 0 Å². The van der Waals surface area contributed by atoms with Crippen LogP contribution in [0.1, 0.15) is 26.7 Å². The van der Waals surface area contributed by atoms with Gasteiger partial charge in [0.1, 0.15) is 0 Å². The summed E-state index contributed by atoms with van der Waals surface area (Å²) in [5, 5.41) is 9.05. The Bertz CT molecular complexity index is 135. The van der Waals surface area contributed by atoms with Gasteiger partial charge in [0.25, 0.3) is 0 Å². The molecule has 3 heteroatoms. The first-order chi connectivity index (χ1) is 5.62. The van der Waals surface area contributed by atoms with E-state index >= 15 is 0 Å². The minimum Gasteiger partial charge on any atom is -0.396 e. The van der Waals surface area contributed by atoms with Gasteiger partial charge in [-0.05, 0) is 26.7 Å². The fourth-order valence-corrected chi connectivity index (χ4v) is 1.97. The van der Waals surface area contributed by atoms with Crippen LogP contribution < -0.4 is 0 Å². The van der Waals surface area contributed by atoms with Crippen LogP contribution in [0.3, 0.4) is 0 Å². The average molecular weight is 193 g/mol. The maximum Gasteiger partial charge on any atom is 0.0591 e. The van der Waals surface area contributed by atoms with Crippen LogP contribution in [0.5, 0.6) is 0 Å². The van der Waals surface area contributed by atoms with Gasteiger partial charge in [-0.3, -0.25) is 0 Å². The Morgan fingerprint density at radius 3 is 2.50 bits per heavy atom. The van der Waals surface area contributed by atoms with Crippen LogP contribution in [0.15, 0.2) is 0 Å². The topological polar surface area (TPSA) is 29.5 Å². The largest absolute Gasteiger partial charge is 0.396 e. The van der Waals surface area contributed by atoms with Crippen LogP contribution in [0.4, 0.5) is 0 Å². The summed E-state index contributed by atoms with van der Waals surface area (Å²) in [7, 11) is 0. The molecule has 1 N–H and O–H groups in total. The molecule has 1 fully saturated rings. The molecule has 0 aromatic carbocycles. The highest BCUT2D eigenvalue weighted by molar-refractivity contribution is 6.18. The van der Waals surface area contributed by atoms with Gasteiger partial charge in [-0.1, -0.05) is 0 Å². The van der Waals surface area contributed by atoms with E-state index in [0.717, 1.165) is 12.8 Å². The summed E-state index contributed by atoms with van der Waals surface area (Å²) in [6.45, 7) is 4.24. The third kappa shape index (κ3) is 2.12. The lowest BCUT2D eigenvalue weighted by Gasteiger charge is -2.45. The summed E-state index contributed by atoms with van der Waals surface area (Å²) < 4.78 is 5.58. The molecular weight excluding hydrogens is 176 g/mol. The summed E-state index contributed by atoms with van der Waals surface area (Å²) in [6.07, 6.45) is 2.41. The zero-order valence-corrected chi connectivity index (χ0v) is 8.47. The van der Waals surface area contributed by atoms with Gasteiger partial charge in [0.05, 0.1) is 18.8 Å². The van der Waals surface area contributed by atoms with Gasteiger partial charge < -0.3 is 9.84 Å². The molecule has 0 radical (unpaired) electrons. The monoisotopic (exact) mass is 192 g/mol. The van der Waals surface area contributed by atoms with Crippen LogP contribution in [0.25, 0.3) is 0 Å². The Hall–Kier alpha value is 0.210. The lowest BCUT2D eigenvalue weighted by atomic mass is 9.68. The standard InChI is InChI=1S/C9H17ClO2/c1-7(2)12-8-3-9(4-8,5-10)6-11/h7-8,11H,3-6H2,1-2H3. The van der Waals surface area contributed by atoms with Gasteiger partial charge in [0.2, 0.25) is 0 Å². The average Bonchev–Trinajstić information content (AvgIpc) is 1.95. The first-order valence-electron chi connectivity index (χ1n) is 4.44. The molecule has 0 aromatic heterocycles. The minimum atomic E-state index is -0.0406. The molecule has 0 spiro atoms. The van der Waals surface area contributed by atoms with E-state index in [1.54, 1.807) is 0 Å². The molecule has 0 saturated heterocycles. The SMILES string of the molecule is CC(C)OC1CC(CO)(CCl)C1. The first kappa shape index (κ1) is 10.3. The summed E-state index contributed by atoms with van der Waals surface area (Å²) >= 11 is 5.75. The maximum absolute atomic E-state index is 9.05. The number of ether oxygens (including phenoxy) is 1. The zero-order chi connectivity index (χ0) is 9.19. The second-order valence-electron chi connectivity index (χ2n) is 4.01. The van der Waals surface area contributed by atoms with E-state index in [-0.39, 0.29) is 18.1 Å². The van der Waals surface area contributed by atoms with Gasteiger partial charge in [0.15, 0.2) is 0 Å². The molecule has 0 aliphatic heterocycles. The van der Waals surface area contributed by atoms with E-state index < -0.39 is 0 Å². The normalized spacial score (nSPS) is 35.2. The summed E-state index contributed by atoms with van der Waals surface area (Å²) in [4.78, 5) is 0. The molecule has 0 unspecified atom stereocenters. The minimum absolute atomic E-state index is 0.0406. The quantitative estimate of drug-likeness (QED) is 0.689. The highest BCUT2D eigenvalue weighted by Gasteiger charge is 2.44. The van der Waals surface area contributed by atoms with E-state index in [0.29, 0.717) is 12.0 Å². The molecule has 0 bridgehead atoms. The smallest absolute Gasteiger partial charge is 0.0591 e. The number of aliphatic hydroxyl groups is 1. The van der Waals surface area contributed by atoms with Gasteiger partial charge in [-0.25, -0.2) is 0 Å². The fraction of sp³-hybridized carbons (Fsp3) is 1.00. The summed E-state index contributed by atoms with van der Waals surface area (Å²) in [5.74, 6) is 0.543. The van der Waals surface area contributed by atoms with Crippen molar-refractivity contribution in [2.75, 3.05) is 12.5 Å². The molecular formula is C9H17ClO2. The Labute approximate surface area is 78.9 Å². The predicted molar refractivity (Wildman–Crippen MR) is 49.5 cm³/mol. The van der Waals surface area contributed by atoms with Crippen molar-refractivity contribution in [1.29, 1.82) is 0 Å². The van der Waals surface area contributed by atoms with Crippen molar-refractivity contribution in [2.24, 2.45) is 5.41 Å². The Balaban J connectivity index is 2.25. The van der Waals surface area contributed by atoms with E-state index in [1.807, 2.05) is 13.8 Å². The van der Waals surface area contributed by atoms with Crippen molar-refractivity contribution in [2.45, 2.75) is 38.9 Å². The Morgan fingerprint density at radius 2 is 2.17 bits per heavy atom. The molecule has 2 nitrogen and oxygen atoms in total. The lowest BCUT2D eigenvalue weighted by Crippen LogP contribution is -2.47. The number of halogens is 1. The number of aliphatic hydroxyl groups excluding tert-OH is 1. The Kier molecular flexibility index (Phi) is 3.38. The van der Waals surface area contributed by atoms with Crippen molar-refractivity contribution >= 4 is 11.6 Å². The number of rotatable bonds is 4. The predicted octanol–water partition coefficient (Wildman–Crippen LogP) is 1.79. The van der Waals surface area contributed by atoms with Crippen LogP contribution in [-0.2, 0) is 4.74 Å². The second kappa shape index (κ2) is 3.95. The molecule has 0 heterocycles. The molecule has 0 aromatic rings. The molecule has 1 saturated carbocycles. The second-order valence-corrected chi connectivity index (χ2v) is 4.27. The maximum atomic E-state index is 9.05. The third-order valence-corrected chi connectivity index (χ3v) is 2.97. The van der Waals surface area contributed by atoms with Gasteiger partial charge >= 0.3 is 0 Å². The van der Waals surface area contributed by atoms with Crippen LogP contribution in [0.2, 0.25) is 0 Å². The molecule has 1 aliphatic rings. The molecule has 0 amide bonds. The third-order valence-electron chi connectivity index (χ3n) is 2.40. The van der Waals surface area contributed by atoms with Crippen molar-refractivity contribution < 1.29 is 9.84 Å². The molecule has 0 atom stereocenters. The number of hydrogen-bond acceptors (Lipinski definition) is 2. The van der Waals surface area contributed by atoms with Crippen LogP contribution in [0, 0.1) is 5.41 Å². The van der Waals surface area contributed by atoms with Gasteiger partial charge in [-0.2, -0.15) is 0 Å². The van der Waals surface area contributed by atoms with Gasteiger partial charge in [-0.15, -0.1) is 11.6 Å². The zero-order valence-electron chi connectivity index (χ0n) is 7.72. The lowest BCUT2D eigenvalue weighted by molar-refractivity contribution is -0.111. The van der Waals surface area contributed by atoms with E-state index in [1.165, 1.54) is 0 Å². The van der Waals surface area contributed by atoms with Crippen molar-refractivity contribution in [3.8, 4) is 0 Å². The van der Waals surface area contributed by atoms with E-state index in [9.17, 15) is 0 Å². The molecule has 1 rings (SSSR count). The van der Waals surface area contributed by atoms with E-state index in [4.69, 9.17) is 21.4 Å². The first-order valence-corrected chi connectivity index (χ1v) is 4.97. The van der Waals surface area contributed by atoms with E-state index in [2.05, 4.69) is 0 Å². The number of hydrogen-bond donors (Lipinski definition) is 1.